The summed E-state index contributed by atoms with van der Waals surface area (Å²) >= 11 is 0. The predicted octanol–water partition coefficient (Wildman–Crippen LogP) is 1.04. The van der Waals surface area contributed by atoms with Gasteiger partial charge in [-0.1, -0.05) is 6.07 Å². The van der Waals surface area contributed by atoms with Gasteiger partial charge in [0.1, 0.15) is 0 Å². The van der Waals surface area contributed by atoms with Crippen molar-refractivity contribution in [2.45, 2.75) is 51.9 Å². The third kappa shape index (κ3) is 3.79. The van der Waals surface area contributed by atoms with E-state index in [1.165, 1.54) is 0 Å². The molecule has 0 radical (unpaired) electrons. The molecule has 1 aromatic rings. The number of nitrogens with zero attached hydrogens (tertiary/aromatic N) is 1. The highest BCUT2D eigenvalue weighted by molar-refractivity contribution is 6.60. The van der Waals surface area contributed by atoms with E-state index in [0.717, 1.165) is 0 Å². The van der Waals surface area contributed by atoms with Gasteiger partial charge in [-0.05, 0) is 40.7 Å². The first-order chi connectivity index (χ1) is 9.10. The molecular formula is C14H24BNO4. The van der Waals surface area contributed by atoms with Gasteiger partial charge < -0.3 is 19.5 Å². The molecular weight excluding hydrogens is 257 g/mol. The normalized spacial score (nSPS) is 14.2. The van der Waals surface area contributed by atoms with Crippen molar-refractivity contribution >= 4 is 12.6 Å². The molecule has 20 heavy (non-hydrogen) atoms. The molecule has 0 saturated carbocycles. The van der Waals surface area contributed by atoms with Gasteiger partial charge >= 0.3 is 7.12 Å². The Hall–Kier alpha value is -0.945. The monoisotopic (exact) mass is 281 g/mol. The molecule has 1 rings (SSSR count). The van der Waals surface area contributed by atoms with E-state index in [0.29, 0.717) is 11.2 Å². The Morgan fingerprint density at radius 1 is 1.30 bits per heavy atom. The Bertz CT molecular complexity index is 445. The van der Waals surface area contributed by atoms with Gasteiger partial charge in [0.05, 0.1) is 23.0 Å². The second-order valence-electron chi connectivity index (χ2n) is 5.90. The summed E-state index contributed by atoms with van der Waals surface area (Å²) in [6.45, 7) is 8.58. The molecule has 0 aliphatic rings. The van der Waals surface area contributed by atoms with Gasteiger partial charge in [-0.15, -0.1) is 0 Å². The molecule has 0 aliphatic heterocycles. The zero-order valence-corrected chi connectivity index (χ0v) is 13.0. The van der Waals surface area contributed by atoms with Crippen LogP contribution in [0, 0.1) is 0 Å². The number of pyridine rings is 1. The first kappa shape index (κ1) is 17.1. The van der Waals surface area contributed by atoms with E-state index in [9.17, 15) is 10.1 Å². The third-order valence-corrected chi connectivity index (χ3v) is 3.76. The minimum Gasteiger partial charge on any atom is -0.423 e. The SMILES string of the molecule is CO[C@@H](C)c1ncccc1B(O)OC(C)(C)C(C)(C)O. The lowest BCUT2D eigenvalue weighted by molar-refractivity contribution is -0.0983. The van der Waals surface area contributed by atoms with Crippen LogP contribution >= 0.6 is 0 Å². The lowest BCUT2D eigenvalue weighted by Crippen LogP contribution is -2.53. The average Bonchev–Trinajstić information content (AvgIpc) is 2.36. The highest BCUT2D eigenvalue weighted by atomic mass is 16.5. The quantitative estimate of drug-likeness (QED) is 0.762. The molecule has 0 spiro atoms. The van der Waals surface area contributed by atoms with Crippen molar-refractivity contribution in [3.05, 3.63) is 24.0 Å². The maximum atomic E-state index is 10.3. The first-order valence-electron chi connectivity index (χ1n) is 6.66. The fourth-order valence-corrected chi connectivity index (χ4v) is 1.58. The fourth-order valence-electron chi connectivity index (χ4n) is 1.58. The Morgan fingerprint density at radius 2 is 1.90 bits per heavy atom. The highest BCUT2D eigenvalue weighted by Crippen LogP contribution is 2.25. The van der Waals surface area contributed by atoms with Crippen LogP contribution in [0.2, 0.25) is 0 Å². The smallest absolute Gasteiger partial charge is 0.423 e. The minimum absolute atomic E-state index is 0.255. The largest absolute Gasteiger partial charge is 0.493 e. The van der Waals surface area contributed by atoms with Gasteiger partial charge in [-0.25, -0.2) is 0 Å². The van der Waals surface area contributed by atoms with Crippen LogP contribution < -0.4 is 5.46 Å². The summed E-state index contributed by atoms with van der Waals surface area (Å²) in [5.74, 6) is 0. The van der Waals surface area contributed by atoms with Gasteiger partial charge in [0, 0.05) is 18.8 Å². The number of rotatable bonds is 6. The molecule has 5 nitrogen and oxygen atoms in total. The van der Waals surface area contributed by atoms with E-state index in [-0.39, 0.29) is 6.10 Å². The van der Waals surface area contributed by atoms with Crippen LogP contribution in [0.1, 0.15) is 46.4 Å². The number of methoxy groups -OCH3 is 1. The van der Waals surface area contributed by atoms with E-state index in [1.807, 2.05) is 6.92 Å². The number of ether oxygens (including phenoxy) is 1. The van der Waals surface area contributed by atoms with Crippen LogP contribution in [0.15, 0.2) is 18.3 Å². The minimum atomic E-state index is -1.18. The van der Waals surface area contributed by atoms with Crippen LogP contribution in [-0.4, -0.2) is 40.5 Å². The zero-order chi connectivity index (χ0) is 15.6. The van der Waals surface area contributed by atoms with Crippen molar-refractivity contribution in [2.24, 2.45) is 0 Å². The lowest BCUT2D eigenvalue weighted by Gasteiger charge is -2.38. The van der Waals surface area contributed by atoms with Crippen LogP contribution in [0.25, 0.3) is 0 Å². The summed E-state index contributed by atoms with van der Waals surface area (Å²) < 4.78 is 10.9. The summed E-state index contributed by atoms with van der Waals surface area (Å²) in [6, 6.07) is 3.47. The zero-order valence-electron chi connectivity index (χ0n) is 13.0. The molecule has 1 aromatic heterocycles. The third-order valence-electron chi connectivity index (χ3n) is 3.76. The van der Waals surface area contributed by atoms with Crippen molar-refractivity contribution < 1.29 is 19.5 Å². The summed E-state index contributed by atoms with van der Waals surface area (Å²) in [5.41, 5.74) is -0.854. The van der Waals surface area contributed by atoms with Crippen LogP contribution in [0.3, 0.4) is 0 Å². The summed E-state index contributed by atoms with van der Waals surface area (Å²) in [4.78, 5) is 4.24. The molecule has 0 amide bonds. The molecule has 112 valence electrons. The lowest BCUT2D eigenvalue weighted by atomic mass is 9.75. The number of aromatic nitrogens is 1. The Kier molecular flexibility index (Phi) is 5.32. The molecule has 0 fully saturated rings. The molecule has 0 aliphatic carbocycles. The Morgan fingerprint density at radius 3 is 2.40 bits per heavy atom. The predicted molar refractivity (Wildman–Crippen MR) is 78.7 cm³/mol. The fraction of sp³-hybridized carbons (Fsp3) is 0.643. The topological polar surface area (TPSA) is 71.8 Å². The molecule has 1 heterocycles. The second-order valence-corrected chi connectivity index (χ2v) is 5.90. The van der Waals surface area contributed by atoms with E-state index in [4.69, 9.17) is 9.39 Å². The molecule has 0 aromatic carbocycles. The molecule has 0 saturated heterocycles. The van der Waals surface area contributed by atoms with Gasteiger partial charge in [-0.3, -0.25) is 4.98 Å². The van der Waals surface area contributed by atoms with Crippen molar-refractivity contribution in [1.29, 1.82) is 0 Å². The van der Waals surface area contributed by atoms with E-state index in [1.54, 1.807) is 53.1 Å². The van der Waals surface area contributed by atoms with Gasteiger partial charge in [0.2, 0.25) is 0 Å². The highest BCUT2D eigenvalue weighted by Gasteiger charge is 2.40. The Balaban J connectivity index is 3.02. The van der Waals surface area contributed by atoms with Crippen LogP contribution in [0.5, 0.6) is 0 Å². The van der Waals surface area contributed by atoms with Gasteiger partial charge in [-0.2, -0.15) is 0 Å². The number of hydrogen-bond donors (Lipinski definition) is 2. The van der Waals surface area contributed by atoms with E-state index in [2.05, 4.69) is 4.98 Å². The second kappa shape index (κ2) is 6.22. The average molecular weight is 281 g/mol. The number of aliphatic hydroxyl groups is 1. The molecule has 2 N–H and O–H groups in total. The van der Waals surface area contributed by atoms with Crippen molar-refractivity contribution in [2.75, 3.05) is 7.11 Å². The Labute approximate surface area is 121 Å². The summed E-state index contributed by atoms with van der Waals surface area (Å²) in [5, 5.41) is 20.4. The number of hydrogen-bond acceptors (Lipinski definition) is 5. The summed E-state index contributed by atoms with van der Waals surface area (Å²) in [6.07, 6.45) is 1.39. The molecule has 6 heteroatoms. The standard InChI is InChI=1S/C14H24BNO4/c1-10(19-6)12-11(8-7-9-16-12)15(18)20-14(4,5)13(2,3)17/h7-10,17-18H,1-6H3/t10-/m0/s1. The molecule has 0 unspecified atom stereocenters. The van der Waals surface area contributed by atoms with Crippen molar-refractivity contribution in [1.82, 2.24) is 4.98 Å². The molecule has 1 atom stereocenters. The van der Waals surface area contributed by atoms with Gasteiger partial charge in [0.15, 0.2) is 0 Å². The first-order valence-corrected chi connectivity index (χ1v) is 6.66. The van der Waals surface area contributed by atoms with Crippen molar-refractivity contribution in [3.8, 4) is 0 Å². The van der Waals surface area contributed by atoms with Crippen molar-refractivity contribution in [3.63, 3.8) is 0 Å². The van der Waals surface area contributed by atoms with Crippen LogP contribution in [-0.2, 0) is 9.39 Å². The molecule has 0 bridgehead atoms. The van der Waals surface area contributed by atoms with E-state index < -0.39 is 18.3 Å². The summed E-state index contributed by atoms with van der Waals surface area (Å²) in [7, 11) is 0.398. The maximum absolute atomic E-state index is 10.3. The van der Waals surface area contributed by atoms with Crippen LogP contribution in [0.4, 0.5) is 0 Å². The van der Waals surface area contributed by atoms with E-state index >= 15 is 0 Å². The van der Waals surface area contributed by atoms with Gasteiger partial charge in [0.25, 0.3) is 0 Å². The maximum Gasteiger partial charge on any atom is 0.493 e.